The van der Waals surface area contributed by atoms with Crippen LogP contribution in [0.5, 0.6) is 5.75 Å². The molecule has 4 aliphatic rings. The second-order valence-electron chi connectivity index (χ2n) is 13.1. The normalized spacial score (nSPS) is 27.2. The number of ether oxygens (including phenoxy) is 1. The standard InChI is InChI=1S/C36H44N2O4/c1-23(2)29-20-30-34(31-22-42-32(33(29)31)14-9-24(3)19-25-10-12-28(39)13-11-25)36(41)38(35(30)40)27-15-17-37(18-16-27)21-26-7-5-4-6-8-26/h4-8,10-13,19,23,27,30-32,34,39H,9,14-18,20-22H2,1-3H3/b24-19+/t30-,31+,32-,34-/m1/s1. The molecule has 0 spiro atoms. The fraction of sp³-hybridized carbons (Fsp3) is 0.500. The number of likely N-dealkylation sites (tertiary alicyclic amines) is 2. The maximum absolute atomic E-state index is 14.0. The lowest BCUT2D eigenvalue weighted by atomic mass is 9.67. The summed E-state index contributed by atoms with van der Waals surface area (Å²) in [5, 5.41) is 9.58. The van der Waals surface area contributed by atoms with E-state index in [4.69, 9.17) is 4.74 Å². The number of piperidine rings is 1. The van der Waals surface area contributed by atoms with Crippen molar-refractivity contribution in [3.05, 3.63) is 82.4 Å². The van der Waals surface area contributed by atoms with Gasteiger partial charge >= 0.3 is 0 Å². The van der Waals surface area contributed by atoms with E-state index in [1.807, 2.05) is 18.2 Å². The Bertz CT molecular complexity index is 1350. The van der Waals surface area contributed by atoms with Gasteiger partial charge in [-0.25, -0.2) is 0 Å². The smallest absolute Gasteiger partial charge is 0.234 e. The lowest BCUT2D eigenvalue weighted by molar-refractivity contribution is -0.144. The van der Waals surface area contributed by atoms with E-state index < -0.39 is 0 Å². The van der Waals surface area contributed by atoms with Crippen LogP contribution in [0.25, 0.3) is 6.08 Å². The summed E-state index contributed by atoms with van der Waals surface area (Å²) in [4.78, 5) is 32.0. The number of carbonyl (C=O) groups is 2. The number of aromatic hydroxyl groups is 1. The molecular weight excluding hydrogens is 524 g/mol. The minimum atomic E-state index is -0.281. The number of phenolic OH excluding ortho intramolecular Hbond substituents is 1. The van der Waals surface area contributed by atoms with Crippen LogP contribution >= 0.6 is 0 Å². The van der Waals surface area contributed by atoms with Crippen LogP contribution in [0, 0.1) is 23.7 Å². The molecule has 0 bridgehead atoms. The molecule has 0 aromatic heterocycles. The molecule has 2 amide bonds. The second-order valence-corrected chi connectivity index (χ2v) is 13.1. The molecule has 3 heterocycles. The maximum Gasteiger partial charge on any atom is 0.234 e. The fourth-order valence-corrected chi connectivity index (χ4v) is 7.81. The van der Waals surface area contributed by atoms with E-state index in [-0.39, 0.29) is 47.5 Å². The number of rotatable bonds is 8. The highest BCUT2D eigenvalue weighted by Gasteiger charge is 2.58. The summed E-state index contributed by atoms with van der Waals surface area (Å²) in [6.07, 6.45) is 6.28. The van der Waals surface area contributed by atoms with Crippen LogP contribution in [-0.2, 0) is 20.9 Å². The van der Waals surface area contributed by atoms with Crippen LogP contribution < -0.4 is 0 Å². The number of hydrogen-bond donors (Lipinski definition) is 1. The number of phenols is 1. The van der Waals surface area contributed by atoms with Crippen molar-refractivity contribution in [3.8, 4) is 5.75 Å². The van der Waals surface area contributed by atoms with E-state index >= 15 is 0 Å². The Kier molecular flexibility index (Phi) is 8.37. The summed E-state index contributed by atoms with van der Waals surface area (Å²) < 4.78 is 6.43. The molecule has 222 valence electrons. The molecule has 2 aromatic carbocycles. The largest absolute Gasteiger partial charge is 0.508 e. The minimum absolute atomic E-state index is 0.000576. The average Bonchev–Trinajstić information content (AvgIpc) is 3.52. The van der Waals surface area contributed by atoms with Gasteiger partial charge in [-0.15, -0.1) is 0 Å². The highest BCUT2D eigenvalue weighted by molar-refractivity contribution is 6.06. The predicted octanol–water partition coefficient (Wildman–Crippen LogP) is 6.21. The molecule has 0 saturated carbocycles. The highest BCUT2D eigenvalue weighted by atomic mass is 16.5. The number of benzene rings is 2. The first-order valence-electron chi connectivity index (χ1n) is 15.7. The molecule has 1 aliphatic carbocycles. The van der Waals surface area contributed by atoms with E-state index in [2.05, 4.69) is 56.0 Å². The van der Waals surface area contributed by atoms with Crippen LogP contribution in [0.2, 0.25) is 0 Å². The summed E-state index contributed by atoms with van der Waals surface area (Å²) in [7, 11) is 0. The summed E-state index contributed by atoms with van der Waals surface area (Å²) in [5.74, 6) is 0.169. The molecule has 0 radical (unpaired) electrons. The molecule has 6 nitrogen and oxygen atoms in total. The van der Waals surface area contributed by atoms with E-state index in [1.165, 1.54) is 22.3 Å². The van der Waals surface area contributed by atoms with Gasteiger partial charge < -0.3 is 9.84 Å². The Labute approximate surface area is 250 Å². The van der Waals surface area contributed by atoms with E-state index in [0.717, 1.165) is 50.9 Å². The number of imide groups is 1. The number of amides is 2. The number of nitrogens with zero attached hydrogens (tertiary/aromatic N) is 2. The van der Waals surface area contributed by atoms with Gasteiger partial charge in [0.15, 0.2) is 0 Å². The maximum atomic E-state index is 14.0. The Hall–Kier alpha value is -3.22. The van der Waals surface area contributed by atoms with E-state index in [0.29, 0.717) is 18.9 Å². The van der Waals surface area contributed by atoms with Gasteiger partial charge in [-0.2, -0.15) is 0 Å². The fourth-order valence-electron chi connectivity index (χ4n) is 7.81. The van der Waals surface area contributed by atoms with Crippen molar-refractivity contribution in [2.75, 3.05) is 19.7 Å². The SMILES string of the molecule is C/C(=C\c1ccc(O)cc1)CC[C@H]1OC[C@H]2C1=C(C(C)C)C[C@H]1C(=O)N(C3CCN(Cc4ccccc4)CC3)C(=O)[C@H]12. The quantitative estimate of drug-likeness (QED) is 0.303. The minimum Gasteiger partial charge on any atom is -0.508 e. The lowest BCUT2D eigenvalue weighted by Crippen LogP contribution is -2.47. The monoisotopic (exact) mass is 568 g/mol. The number of hydrogen-bond acceptors (Lipinski definition) is 5. The zero-order valence-electron chi connectivity index (χ0n) is 25.2. The molecule has 0 unspecified atom stereocenters. The summed E-state index contributed by atoms with van der Waals surface area (Å²) in [5.41, 5.74) is 6.27. The second kappa shape index (κ2) is 12.2. The van der Waals surface area contributed by atoms with Crippen molar-refractivity contribution >= 4 is 17.9 Å². The first-order valence-corrected chi connectivity index (χ1v) is 15.7. The van der Waals surface area contributed by atoms with Gasteiger partial charge in [0.2, 0.25) is 11.8 Å². The highest BCUT2D eigenvalue weighted by Crippen LogP contribution is 2.52. The molecular formula is C36H44N2O4. The van der Waals surface area contributed by atoms with Gasteiger partial charge in [-0.1, -0.05) is 73.5 Å². The third kappa shape index (κ3) is 5.71. The first-order chi connectivity index (χ1) is 20.3. The molecule has 6 rings (SSSR count). The zero-order valence-corrected chi connectivity index (χ0v) is 25.2. The van der Waals surface area contributed by atoms with Gasteiger partial charge in [0.25, 0.3) is 0 Å². The van der Waals surface area contributed by atoms with Gasteiger partial charge in [0.1, 0.15) is 5.75 Å². The van der Waals surface area contributed by atoms with Crippen molar-refractivity contribution < 1.29 is 19.4 Å². The Balaban J connectivity index is 1.13. The Morgan fingerprint density at radius 1 is 1.00 bits per heavy atom. The van der Waals surface area contributed by atoms with Crippen LogP contribution in [-0.4, -0.2) is 58.6 Å². The predicted molar refractivity (Wildman–Crippen MR) is 164 cm³/mol. The molecule has 3 saturated heterocycles. The molecule has 6 heteroatoms. The first kappa shape index (κ1) is 28.9. The summed E-state index contributed by atoms with van der Waals surface area (Å²) in [6, 6.07) is 17.8. The molecule has 3 fully saturated rings. The van der Waals surface area contributed by atoms with Crippen molar-refractivity contribution in [2.45, 2.75) is 71.6 Å². The lowest BCUT2D eigenvalue weighted by Gasteiger charge is -2.36. The number of fused-ring (bicyclic) bond motifs is 3. The van der Waals surface area contributed by atoms with Gasteiger partial charge in [-0.3, -0.25) is 19.4 Å². The van der Waals surface area contributed by atoms with Crippen LogP contribution in [0.4, 0.5) is 0 Å². The Morgan fingerprint density at radius 2 is 1.71 bits per heavy atom. The van der Waals surface area contributed by atoms with Gasteiger partial charge in [0, 0.05) is 31.6 Å². The topological polar surface area (TPSA) is 70.1 Å². The third-order valence-corrected chi connectivity index (χ3v) is 9.95. The van der Waals surface area contributed by atoms with Gasteiger partial charge in [-0.05, 0) is 73.8 Å². The summed E-state index contributed by atoms with van der Waals surface area (Å²) >= 11 is 0. The number of allylic oxidation sites excluding steroid dienone is 2. The van der Waals surface area contributed by atoms with Crippen molar-refractivity contribution in [1.29, 1.82) is 0 Å². The van der Waals surface area contributed by atoms with E-state index in [1.54, 1.807) is 17.0 Å². The molecule has 42 heavy (non-hydrogen) atoms. The zero-order chi connectivity index (χ0) is 29.4. The Morgan fingerprint density at radius 3 is 2.40 bits per heavy atom. The molecule has 4 atom stereocenters. The van der Waals surface area contributed by atoms with Crippen molar-refractivity contribution in [1.82, 2.24) is 9.80 Å². The molecule has 2 aromatic rings. The van der Waals surface area contributed by atoms with Gasteiger partial charge in [0.05, 0.1) is 24.5 Å². The van der Waals surface area contributed by atoms with Crippen molar-refractivity contribution in [2.24, 2.45) is 23.7 Å². The number of carbonyl (C=O) groups excluding carboxylic acids is 2. The van der Waals surface area contributed by atoms with Crippen molar-refractivity contribution in [3.63, 3.8) is 0 Å². The molecule has 1 N–H and O–H groups in total. The molecule has 3 aliphatic heterocycles. The van der Waals surface area contributed by atoms with Crippen LogP contribution in [0.1, 0.15) is 64.0 Å². The van der Waals surface area contributed by atoms with Crippen LogP contribution in [0.3, 0.4) is 0 Å². The third-order valence-electron chi connectivity index (χ3n) is 9.95. The summed E-state index contributed by atoms with van der Waals surface area (Å²) in [6.45, 7) is 9.81. The van der Waals surface area contributed by atoms with Crippen LogP contribution in [0.15, 0.2) is 71.3 Å². The average molecular weight is 569 g/mol. The van der Waals surface area contributed by atoms with E-state index in [9.17, 15) is 14.7 Å².